The van der Waals surface area contributed by atoms with Crippen molar-refractivity contribution in [1.82, 2.24) is 10.3 Å². The summed E-state index contributed by atoms with van der Waals surface area (Å²) in [5.74, 6) is 0.259. The fourth-order valence-electron chi connectivity index (χ4n) is 2.32. The lowest BCUT2D eigenvalue weighted by molar-refractivity contribution is 0.0943. The zero-order valence-corrected chi connectivity index (χ0v) is 12.4. The van der Waals surface area contributed by atoms with Crippen molar-refractivity contribution < 1.29 is 4.79 Å². The largest absolute Gasteiger partial charge is 0.382 e. The normalized spacial score (nSPS) is 16.6. The van der Waals surface area contributed by atoms with E-state index in [1.54, 1.807) is 0 Å². The maximum absolute atomic E-state index is 12.1. The van der Waals surface area contributed by atoms with Crippen molar-refractivity contribution in [1.29, 1.82) is 0 Å². The second-order valence-corrected chi connectivity index (χ2v) is 6.05. The highest BCUT2D eigenvalue weighted by atomic mass is 32.1. The van der Waals surface area contributed by atoms with E-state index in [2.05, 4.69) is 22.1 Å². The van der Waals surface area contributed by atoms with Crippen LogP contribution in [0.3, 0.4) is 0 Å². The van der Waals surface area contributed by atoms with Crippen LogP contribution in [0, 0.1) is 0 Å². The maximum atomic E-state index is 12.1. The molecule has 1 unspecified atom stereocenters. The maximum Gasteiger partial charge on any atom is 0.265 e. The molecule has 2 rings (SSSR count). The van der Waals surface area contributed by atoms with E-state index in [0.29, 0.717) is 10.7 Å². The van der Waals surface area contributed by atoms with Gasteiger partial charge in [0.15, 0.2) is 5.13 Å². The van der Waals surface area contributed by atoms with Crippen LogP contribution in [0.15, 0.2) is 0 Å². The van der Waals surface area contributed by atoms with Gasteiger partial charge in [-0.1, -0.05) is 24.7 Å². The zero-order valence-electron chi connectivity index (χ0n) is 11.6. The monoisotopic (exact) mass is 282 g/mol. The smallest absolute Gasteiger partial charge is 0.265 e. The summed E-state index contributed by atoms with van der Waals surface area (Å²) in [5, 5.41) is 3.85. The predicted molar refractivity (Wildman–Crippen MR) is 79.8 cm³/mol. The summed E-state index contributed by atoms with van der Waals surface area (Å²) < 4.78 is 0. The standard InChI is InChI=1S/C13H22N4OS/c1-3-6-9(2)15-12(18)10-11(14)16-13(19-10)17-7-4-5-8-17/h9H,3-8,14H2,1-2H3,(H,15,18). The Labute approximate surface area is 118 Å². The molecule has 19 heavy (non-hydrogen) atoms. The van der Waals surface area contributed by atoms with Gasteiger partial charge in [0.25, 0.3) is 5.91 Å². The minimum absolute atomic E-state index is 0.0959. The summed E-state index contributed by atoms with van der Waals surface area (Å²) in [7, 11) is 0. The number of hydrogen-bond donors (Lipinski definition) is 2. The van der Waals surface area contributed by atoms with Gasteiger partial charge in [-0.05, 0) is 26.2 Å². The molecule has 3 N–H and O–H groups in total. The third kappa shape index (κ3) is 3.37. The van der Waals surface area contributed by atoms with Crippen LogP contribution in [-0.2, 0) is 0 Å². The molecule has 1 aliphatic rings. The number of nitrogens with two attached hydrogens (primary N) is 1. The number of aromatic nitrogens is 1. The minimum Gasteiger partial charge on any atom is -0.382 e. The molecular formula is C13H22N4OS. The average molecular weight is 282 g/mol. The molecular weight excluding hydrogens is 260 g/mol. The Balaban J connectivity index is 2.05. The molecule has 1 aliphatic heterocycles. The van der Waals surface area contributed by atoms with E-state index in [0.717, 1.165) is 31.1 Å². The number of amides is 1. The first kappa shape index (κ1) is 14.1. The van der Waals surface area contributed by atoms with Crippen molar-refractivity contribution in [2.75, 3.05) is 23.7 Å². The molecule has 106 valence electrons. The van der Waals surface area contributed by atoms with E-state index in [9.17, 15) is 4.79 Å². The fourth-order valence-corrected chi connectivity index (χ4v) is 3.26. The molecule has 1 aromatic heterocycles. The number of rotatable bonds is 5. The summed E-state index contributed by atoms with van der Waals surface area (Å²) >= 11 is 1.40. The fraction of sp³-hybridized carbons (Fsp3) is 0.692. The number of nitrogens with zero attached hydrogens (tertiary/aromatic N) is 2. The van der Waals surface area contributed by atoms with Crippen molar-refractivity contribution in [3.63, 3.8) is 0 Å². The molecule has 0 aromatic carbocycles. The molecule has 0 bridgehead atoms. The van der Waals surface area contributed by atoms with E-state index in [1.807, 2.05) is 6.92 Å². The van der Waals surface area contributed by atoms with Crippen molar-refractivity contribution in [3.8, 4) is 0 Å². The Hall–Kier alpha value is -1.30. The molecule has 0 aliphatic carbocycles. The van der Waals surface area contributed by atoms with Gasteiger partial charge in [0.05, 0.1) is 0 Å². The minimum atomic E-state index is -0.0959. The van der Waals surface area contributed by atoms with Crippen molar-refractivity contribution in [2.24, 2.45) is 0 Å². The molecule has 1 amide bonds. The zero-order chi connectivity index (χ0) is 13.8. The van der Waals surface area contributed by atoms with Crippen LogP contribution >= 0.6 is 11.3 Å². The lowest BCUT2D eigenvalue weighted by Crippen LogP contribution is -2.32. The molecule has 1 aromatic rings. The van der Waals surface area contributed by atoms with Gasteiger partial charge in [-0.15, -0.1) is 0 Å². The summed E-state index contributed by atoms with van der Waals surface area (Å²) in [6, 6.07) is 0.175. The van der Waals surface area contributed by atoms with Gasteiger partial charge < -0.3 is 16.0 Å². The molecule has 0 radical (unpaired) electrons. The number of nitrogens with one attached hydrogen (secondary N) is 1. The number of carbonyl (C=O) groups excluding carboxylic acids is 1. The van der Waals surface area contributed by atoms with Gasteiger partial charge >= 0.3 is 0 Å². The summed E-state index contributed by atoms with van der Waals surface area (Å²) in [4.78, 5) is 19.2. The second kappa shape index (κ2) is 6.23. The van der Waals surface area contributed by atoms with Gasteiger partial charge in [-0.3, -0.25) is 4.79 Å². The highest BCUT2D eigenvalue weighted by Gasteiger charge is 2.22. The van der Waals surface area contributed by atoms with E-state index in [1.165, 1.54) is 24.2 Å². The predicted octanol–water partition coefficient (Wildman–Crippen LogP) is 2.24. The number of hydrogen-bond acceptors (Lipinski definition) is 5. The van der Waals surface area contributed by atoms with Gasteiger partial charge in [-0.2, -0.15) is 0 Å². The van der Waals surface area contributed by atoms with Gasteiger partial charge in [0.1, 0.15) is 10.7 Å². The average Bonchev–Trinajstić information content (AvgIpc) is 2.97. The third-order valence-electron chi connectivity index (χ3n) is 3.32. The Bertz CT molecular complexity index is 440. The first-order valence-corrected chi connectivity index (χ1v) is 7.75. The molecule has 6 heteroatoms. The van der Waals surface area contributed by atoms with Gasteiger partial charge in [-0.25, -0.2) is 4.98 Å². The molecule has 1 fully saturated rings. The van der Waals surface area contributed by atoms with Gasteiger partial charge in [0, 0.05) is 19.1 Å². The third-order valence-corrected chi connectivity index (χ3v) is 4.45. The van der Waals surface area contributed by atoms with Crippen LogP contribution < -0.4 is 16.0 Å². The van der Waals surface area contributed by atoms with E-state index < -0.39 is 0 Å². The van der Waals surface area contributed by atoms with Crippen LogP contribution in [0.1, 0.15) is 49.2 Å². The first-order chi connectivity index (χ1) is 9.11. The van der Waals surface area contributed by atoms with Crippen molar-refractivity contribution >= 4 is 28.2 Å². The topological polar surface area (TPSA) is 71.2 Å². The van der Waals surface area contributed by atoms with Crippen LogP contribution in [0.5, 0.6) is 0 Å². The molecule has 1 saturated heterocycles. The van der Waals surface area contributed by atoms with E-state index >= 15 is 0 Å². The highest BCUT2D eigenvalue weighted by molar-refractivity contribution is 7.18. The highest BCUT2D eigenvalue weighted by Crippen LogP contribution is 2.30. The first-order valence-electron chi connectivity index (χ1n) is 6.94. The number of nitrogen functional groups attached to an aromatic ring is 1. The summed E-state index contributed by atoms with van der Waals surface area (Å²) in [5.41, 5.74) is 5.87. The summed E-state index contributed by atoms with van der Waals surface area (Å²) in [6.45, 7) is 6.15. The molecule has 1 atom stereocenters. The second-order valence-electron chi connectivity index (χ2n) is 5.07. The SMILES string of the molecule is CCCC(C)NC(=O)c1sc(N2CCCC2)nc1N. The number of thiazole rings is 1. The Morgan fingerprint density at radius 3 is 2.84 bits per heavy atom. The molecule has 0 spiro atoms. The van der Waals surface area contributed by atoms with E-state index in [-0.39, 0.29) is 11.9 Å². The number of carbonyl (C=O) groups is 1. The Kier molecular flexibility index (Phi) is 4.63. The van der Waals surface area contributed by atoms with Crippen molar-refractivity contribution in [2.45, 2.75) is 45.6 Å². The van der Waals surface area contributed by atoms with E-state index in [4.69, 9.17) is 5.73 Å². The quantitative estimate of drug-likeness (QED) is 0.869. The molecule has 2 heterocycles. The molecule has 5 nitrogen and oxygen atoms in total. The lowest BCUT2D eigenvalue weighted by atomic mass is 10.2. The summed E-state index contributed by atoms with van der Waals surface area (Å²) in [6.07, 6.45) is 4.41. The van der Waals surface area contributed by atoms with Crippen molar-refractivity contribution in [3.05, 3.63) is 4.88 Å². The van der Waals surface area contributed by atoms with Crippen LogP contribution in [0.4, 0.5) is 10.9 Å². The molecule has 0 saturated carbocycles. The Morgan fingerprint density at radius 1 is 1.53 bits per heavy atom. The van der Waals surface area contributed by atoms with Crippen LogP contribution in [0.25, 0.3) is 0 Å². The van der Waals surface area contributed by atoms with Crippen LogP contribution in [-0.4, -0.2) is 30.0 Å². The Morgan fingerprint density at radius 2 is 2.21 bits per heavy atom. The van der Waals surface area contributed by atoms with Crippen LogP contribution in [0.2, 0.25) is 0 Å². The number of anilines is 2. The van der Waals surface area contributed by atoms with Gasteiger partial charge in [0.2, 0.25) is 0 Å². The lowest BCUT2D eigenvalue weighted by Gasteiger charge is -2.12.